The predicted molar refractivity (Wildman–Crippen MR) is 253 cm³/mol. The van der Waals surface area contributed by atoms with Gasteiger partial charge in [0.15, 0.2) is 17.5 Å². The van der Waals surface area contributed by atoms with Crippen molar-refractivity contribution in [3.8, 4) is 67.9 Å². The summed E-state index contributed by atoms with van der Waals surface area (Å²) < 4.78 is 4.85. The molecule has 0 fully saturated rings. The first-order valence-corrected chi connectivity index (χ1v) is 21.1. The first-order valence-electron chi connectivity index (χ1n) is 21.1. The van der Waals surface area contributed by atoms with Crippen molar-refractivity contribution in [2.75, 3.05) is 0 Å². The maximum Gasteiger partial charge on any atom is 0.182 e. The molecule has 12 rings (SSSR count). The highest BCUT2D eigenvalue weighted by Gasteiger charge is 2.20. The van der Waals surface area contributed by atoms with Gasteiger partial charge in [-0.2, -0.15) is 0 Å². The zero-order valence-corrected chi connectivity index (χ0v) is 33.7. The number of nitrogens with zero attached hydrogens (tertiary/aromatic N) is 6. The van der Waals surface area contributed by atoms with Gasteiger partial charge in [-0.3, -0.25) is 4.98 Å². The Labute approximate surface area is 358 Å². The average Bonchev–Trinajstić information content (AvgIpc) is 3.87. The van der Waals surface area contributed by atoms with E-state index in [9.17, 15) is 0 Å². The fraction of sp³-hybridized carbons (Fsp3) is 0.0357. The Balaban J connectivity index is 0.966. The Kier molecular flexibility index (Phi) is 8.52. The molecule has 0 atom stereocenters. The van der Waals surface area contributed by atoms with Gasteiger partial charge in [0, 0.05) is 56.1 Å². The van der Waals surface area contributed by atoms with Gasteiger partial charge in [0.05, 0.1) is 16.6 Å². The van der Waals surface area contributed by atoms with Gasteiger partial charge < -0.3 is 9.13 Å². The second-order valence-corrected chi connectivity index (χ2v) is 15.8. The second kappa shape index (κ2) is 14.8. The van der Waals surface area contributed by atoms with Crippen molar-refractivity contribution < 1.29 is 0 Å². The lowest BCUT2D eigenvalue weighted by Gasteiger charge is -2.13. The van der Waals surface area contributed by atoms with E-state index in [-0.39, 0.29) is 0 Å². The van der Waals surface area contributed by atoms with Gasteiger partial charge >= 0.3 is 0 Å². The van der Waals surface area contributed by atoms with E-state index in [2.05, 4.69) is 149 Å². The molecule has 0 amide bonds. The van der Waals surface area contributed by atoms with Crippen LogP contribution in [0.2, 0.25) is 0 Å². The Bertz CT molecular complexity index is 3450. The number of benzene rings is 7. The minimum atomic E-state index is 0.526. The lowest BCUT2D eigenvalue weighted by Crippen LogP contribution is -2.02. The van der Waals surface area contributed by atoms with Crippen LogP contribution >= 0.6 is 0 Å². The van der Waals surface area contributed by atoms with Gasteiger partial charge in [0.2, 0.25) is 0 Å². The third-order valence-corrected chi connectivity index (χ3v) is 12.1. The maximum atomic E-state index is 4.96. The average molecular weight is 795 g/mol. The summed E-state index contributed by atoms with van der Waals surface area (Å²) in [6.07, 6.45) is 8.55. The molecule has 0 spiro atoms. The largest absolute Gasteiger partial charge is 0.313 e. The van der Waals surface area contributed by atoms with Gasteiger partial charge in [-0.25, -0.2) is 15.0 Å². The Hall–Kier alpha value is -8.22. The fourth-order valence-electron chi connectivity index (χ4n) is 9.18. The number of aromatic nitrogens is 6. The minimum Gasteiger partial charge on any atom is -0.313 e. The number of fused-ring (bicyclic) bond motifs is 6. The zero-order chi connectivity index (χ0) is 41.0. The second-order valence-electron chi connectivity index (χ2n) is 15.8. The molecular formula is C56H38N6. The van der Waals surface area contributed by atoms with Crippen molar-refractivity contribution in [1.82, 2.24) is 29.1 Å². The van der Waals surface area contributed by atoms with E-state index in [1.807, 2.05) is 66.9 Å². The quantitative estimate of drug-likeness (QED) is 0.161. The molecule has 0 saturated carbocycles. The fourth-order valence-corrected chi connectivity index (χ4v) is 9.18. The molecular weight excluding hydrogens is 757 g/mol. The molecule has 0 aliphatic heterocycles. The molecule has 4 heterocycles. The topological polar surface area (TPSA) is 61.4 Å². The Morgan fingerprint density at radius 3 is 1.77 bits per heavy atom. The molecule has 4 aromatic heterocycles. The SMILES string of the molecule is C1=Cc2c(n(-c3ccccc3)c3ccc(-c4cccc(-n5c6ccccc6c6ccc(-c7ccnc(-c8nc(-c9ccccc9)nc(-c9ccccc9)n8)c7)cc65)c4)cc23)CC1. The van der Waals surface area contributed by atoms with Gasteiger partial charge in [-0.1, -0.05) is 140 Å². The van der Waals surface area contributed by atoms with E-state index in [0.717, 1.165) is 51.8 Å². The van der Waals surface area contributed by atoms with Crippen molar-refractivity contribution in [1.29, 1.82) is 0 Å². The zero-order valence-electron chi connectivity index (χ0n) is 33.7. The van der Waals surface area contributed by atoms with Gasteiger partial charge in [-0.05, 0) is 95.8 Å². The highest BCUT2D eigenvalue weighted by molar-refractivity contribution is 6.10. The highest BCUT2D eigenvalue weighted by Crippen LogP contribution is 2.39. The molecule has 6 nitrogen and oxygen atoms in total. The number of pyridine rings is 1. The molecule has 0 unspecified atom stereocenters. The Morgan fingerprint density at radius 1 is 0.387 bits per heavy atom. The van der Waals surface area contributed by atoms with Crippen molar-refractivity contribution in [3.63, 3.8) is 0 Å². The summed E-state index contributed by atoms with van der Waals surface area (Å²) in [5, 5.41) is 3.69. The molecule has 0 saturated heterocycles. The van der Waals surface area contributed by atoms with E-state index < -0.39 is 0 Å². The number of hydrogen-bond donors (Lipinski definition) is 0. The van der Waals surface area contributed by atoms with Gasteiger partial charge in [0.1, 0.15) is 5.69 Å². The molecule has 62 heavy (non-hydrogen) atoms. The van der Waals surface area contributed by atoms with Gasteiger partial charge in [0.25, 0.3) is 0 Å². The van der Waals surface area contributed by atoms with E-state index in [4.69, 9.17) is 19.9 Å². The first-order chi connectivity index (χ1) is 30.7. The van der Waals surface area contributed by atoms with Crippen LogP contribution in [-0.2, 0) is 6.42 Å². The van der Waals surface area contributed by atoms with Crippen LogP contribution in [-0.4, -0.2) is 29.1 Å². The molecule has 1 aliphatic carbocycles. The molecule has 0 N–H and O–H groups in total. The summed E-state index contributed by atoms with van der Waals surface area (Å²) >= 11 is 0. The maximum absolute atomic E-state index is 4.96. The third-order valence-electron chi connectivity index (χ3n) is 12.1. The van der Waals surface area contributed by atoms with E-state index in [1.54, 1.807) is 0 Å². The van der Waals surface area contributed by atoms with Crippen LogP contribution < -0.4 is 0 Å². The van der Waals surface area contributed by atoms with E-state index in [1.165, 1.54) is 49.7 Å². The van der Waals surface area contributed by atoms with Crippen molar-refractivity contribution in [2.24, 2.45) is 0 Å². The molecule has 1 aliphatic rings. The summed E-state index contributed by atoms with van der Waals surface area (Å²) in [5.74, 6) is 1.74. The van der Waals surface area contributed by atoms with E-state index >= 15 is 0 Å². The smallest absolute Gasteiger partial charge is 0.182 e. The third kappa shape index (κ3) is 6.11. The number of allylic oxidation sites excluding steroid dienone is 1. The first kappa shape index (κ1) is 35.7. The number of rotatable bonds is 7. The molecule has 0 bridgehead atoms. The van der Waals surface area contributed by atoms with Crippen LogP contribution in [0, 0.1) is 0 Å². The van der Waals surface area contributed by atoms with Crippen LogP contribution in [0.25, 0.3) is 107 Å². The summed E-state index contributed by atoms with van der Waals surface area (Å²) in [6.45, 7) is 0. The van der Waals surface area contributed by atoms with Crippen molar-refractivity contribution >= 4 is 38.8 Å². The van der Waals surface area contributed by atoms with Crippen LogP contribution in [0.4, 0.5) is 0 Å². The number of hydrogen-bond acceptors (Lipinski definition) is 4. The van der Waals surface area contributed by atoms with Gasteiger partial charge in [-0.15, -0.1) is 0 Å². The summed E-state index contributed by atoms with van der Waals surface area (Å²) in [5.41, 5.74) is 15.6. The van der Waals surface area contributed by atoms with Crippen LogP contribution in [0.3, 0.4) is 0 Å². The summed E-state index contributed by atoms with van der Waals surface area (Å²) in [6, 6.07) is 66.3. The van der Waals surface area contributed by atoms with Crippen molar-refractivity contribution in [3.05, 3.63) is 212 Å². The Morgan fingerprint density at radius 2 is 0.984 bits per heavy atom. The summed E-state index contributed by atoms with van der Waals surface area (Å²) in [4.78, 5) is 19.6. The van der Waals surface area contributed by atoms with Crippen LogP contribution in [0.15, 0.2) is 200 Å². The molecule has 292 valence electrons. The van der Waals surface area contributed by atoms with Crippen LogP contribution in [0.5, 0.6) is 0 Å². The molecule has 6 heteroatoms. The lowest BCUT2D eigenvalue weighted by atomic mass is 9.98. The standard InChI is InChI=1S/C56H38N6/c1-4-15-37(16-5-1)54-58-55(38-17-6-2-7-18-38)60-56(59-54)49-35-42(31-32-57-49)41-27-29-47-45-23-10-12-25-50(45)62(53(47)36-41)44-22-14-19-39(33-44)40-28-30-52-48(34-40)46-24-11-13-26-51(46)61(52)43-20-8-3-9-21-43/h1-12,14-25,27-36H,13,26H2. The lowest BCUT2D eigenvalue weighted by molar-refractivity contribution is 0.888. The monoisotopic (exact) mass is 794 g/mol. The van der Waals surface area contributed by atoms with Crippen LogP contribution in [0.1, 0.15) is 17.7 Å². The van der Waals surface area contributed by atoms with E-state index in [0.29, 0.717) is 23.2 Å². The highest BCUT2D eigenvalue weighted by atomic mass is 15.0. The predicted octanol–water partition coefficient (Wildman–Crippen LogP) is 13.6. The molecule has 11 aromatic rings. The van der Waals surface area contributed by atoms with Crippen molar-refractivity contribution in [2.45, 2.75) is 12.8 Å². The molecule has 0 radical (unpaired) electrons. The minimum absolute atomic E-state index is 0.526. The normalized spacial score (nSPS) is 12.3. The summed E-state index contributed by atoms with van der Waals surface area (Å²) in [7, 11) is 0. The number of para-hydroxylation sites is 2. The molecule has 7 aromatic carbocycles.